The van der Waals surface area contributed by atoms with Crippen LogP contribution < -0.4 is 33.9 Å². The van der Waals surface area contributed by atoms with E-state index in [1.807, 2.05) is 0 Å². The van der Waals surface area contributed by atoms with Crippen LogP contribution in [-0.4, -0.2) is 98.6 Å². The van der Waals surface area contributed by atoms with Gasteiger partial charge in [0, 0.05) is 23.9 Å². The lowest BCUT2D eigenvalue weighted by molar-refractivity contribution is -1.04. The molecule has 37 heteroatoms. The molecule has 71 heavy (non-hydrogen) atoms. The number of aromatic nitrogens is 12. The van der Waals surface area contributed by atoms with Gasteiger partial charge in [0.2, 0.25) is 17.6 Å². The Hall–Kier alpha value is -4.22. The first-order chi connectivity index (χ1) is 33.5. The Labute approximate surface area is 441 Å². The summed E-state index contributed by atoms with van der Waals surface area (Å²) in [4.78, 5) is 0.970. The predicted molar refractivity (Wildman–Crippen MR) is 241 cm³/mol. The van der Waals surface area contributed by atoms with Crippen LogP contribution in [0.5, 0.6) is 29.4 Å². The van der Waals surface area contributed by atoms with Crippen molar-refractivity contribution in [3.63, 3.8) is 0 Å². The van der Waals surface area contributed by atoms with E-state index in [2.05, 4.69) is 92.6 Å². The number of hydrogen-bond acceptors (Lipinski definition) is 13. The van der Waals surface area contributed by atoms with E-state index in [0.717, 1.165) is 43.6 Å². The molecule has 1 N–H and O–H groups in total. The van der Waals surface area contributed by atoms with Crippen LogP contribution >= 0.6 is 93.0 Å². The number of ether oxygens (including phenoxy) is 6. The molecule has 1 aliphatic heterocycles. The summed E-state index contributed by atoms with van der Waals surface area (Å²) in [6, 6.07) is 2.90. The first-order valence-electron chi connectivity index (χ1n) is 19.6. The topological polar surface area (TPSA) is 170 Å². The van der Waals surface area contributed by atoms with Gasteiger partial charge in [-0.05, 0) is 122 Å². The third-order valence-electron chi connectivity index (χ3n) is 9.50. The minimum absolute atomic E-state index is 0.00180. The van der Waals surface area contributed by atoms with Gasteiger partial charge in [-0.25, -0.2) is 18.8 Å². The molecule has 0 bridgehead atoms. The van der Waals surface area contributed by atoms with Crippen molar-refractivity contribution in [3.05, 3.63) is 62.6 Å². The van der Waals surface area contributed by atoms with E-state index in [4.69, 9.17) is 14.2 Å². The highest BCUT2D eigenvalue weighted by molar-refractivity contribution is 14.1. The number of nitrogens with one attached hydrogen (secondary N) is 1. The Morgan fingerprint density at radius 3 is 1.73 bits per heavy atom. The van der Waals surface area contributed by atoms with Crippen molar-refractivity contribution in [3.8, 4) is 40.8 Å². The van der Waals surface area contributed by atoms with Crippen molar-refractivity contribution >= 4 is 98.7 Å². The molecule has 6 aromatic heterocycles. The molecule has 6 aromatic rings. The van der Waals surface area contributed by atoms with Gasteiger partial charge in [0.05, 0.1) is 16.4 Å². The van der Waals surface area contributed by atoms with E-state index in [-0.39, 0.29) is 51.7 Å². The third-order valence-corrected chi connectivity index (χ3v) is 13.3. The first-order valence-corrected chi connectivity index (χ1v) is 24.1. The summed E-state index contributed by atoms with van der Waals surface area (Å²) < 4.78 is 205. The number of allylic oxidation sites excluding steroid dienone is 1. The number of hydrogen-bond donors (Lipinski definition) is 1. The average molecular weight is 1450 g/mol. The maximum Gasteiger partial charge on any atom is 0.406 e. The monoisotopic (exact) mass is 1450 g/mol. The van der Waals surface area contributed by atoms with Gasteiger partial charge in [-0.3, -0.25) is 0 Å². The number of alkyl halides is 12. The molecule has 0 aromatic carbocycles. The van der Waals surface area contributed by atoms with Crippen molar-refractivity contribution < 1.29 is 86.2 Å². The summed E-state index contributed by atoms with van der Waals surface area (Å²) in [5.41, 5.74) is -2.54. The van der Waals surface area contributed by atoms with Crippen LogP contribution in [-0.2, 0) is 23.4 Å². The number of rotatable bonds is 22. The molecule has 7 rings (SSSR count). The Bertz CT molecular complexity index is 2880. The van der Waals surface area contributed by atoms with Gasteiger partial charge in [0.25, 0.3) is 11.8 Å². The SMILES string of the molecule is CCCC1=C(n2nc(OC(F)F)cc2CC)C(OC(F)F)(n2cc(Br)c(Br)n2)[NH+](n2nc(CC)c(-n3nc(OC(F)F)cc3I)c2OC(F)F)N1n1nc(I)c(-n2nc(OC(F)F)cc2Br)c1OC(F)F. The Morgan fingerprint density at radius 1 is 0.634 bits per heavy atom. The maximum atomic E-state index is 15.9. The van der Waals surface area contributed by atoms with Gasteiger partial charge in [0.1, 0.15) is 18.6 Å². The summed E-state index contributed by atoms with van der Waals surface area (Å²) in [6.07, 6.45) is 0.179. The third kappa shape index (κ3) is 10.7. The molecule has 0 spiro atoms. The highest BCUT2D eigenvalue weighted by atomic mass is 127. The molecule has 0 aliphatic carbocycles. The second-order valence-corrected chi connectivity index (χ2v) is 18.2. The minimum Gasteiger partial charge on any atom is -0.415 e. The quantitative estimate of drug-likeness (QED) is 0.0506. The van der Waals surface area contributed by atoms with E-state index in [1.165, 1.54) is 36.4 Å². The van der Waals surface area contributed by atoms with Crippen molar-refractivity contribution in [2.45, 2.75) is 92.0 Å². The summed E-state index contributed by atoms with van der Waals surface area (Å²) in [7, 11) is 0. The Kier molecular flexibility index (Phi) is 17.0. The summed E-state index contributed by atoms with van der Waals surface area (Å²) >= 11 is 12.7. The molecule has 0 saturated heterocycles. The zero-order chi connectivity index (χ0) is 52.0. The van der Waals surface area contributed by atoms with Crippen molar-refractivity contribution in [1.82, 2.24) is 58.9 Å². The molecule has 0 radical (unpaired) electrons. The maximum absolute atomic E-state index is 15.9. The van der Waals surface area contributed by atoms with E-state index in [0.29, 0.717) is 14.3 Å². The summed E-state index contributed by atoms with van der Waals surface area (Å²) in [6.45, 7) is -17.5. The standard InChI is InChI=1S/C34H27Br3F12I2N14O6/c1-4-7-15-23(59-12(5-2)8-18(53-59)66-28(38)39)34(71-33(48)49,58-11-13(35)24(37)56-58)65(63-26(69-31(44)45)21(14(6-3)52-63)61-17(50)10-20(55-61)68-30(42)43)64(15)62-27(70-32(46)47)22(25(51)57-62)60-16(36)9-19(54-60)67-29(40)41/h8-11,28-33H,4-7H2,1-3H3/p+1. The lowest BCUT2D eigenvalue weighted by atomic mass is 10.1. The van der Waals surface area contributed by atoms with Crippen molar-refractivity contribution in [2.24, 2.45) is 0 Å². The number of quaternary nitrogens is 1. The zero-order valence-electron chi connectivity index (χ0n) is 35.3. The Balaban J connectivity index is 1.73. The van der Waals surface area contributed by atoms with Crippen LogP contribution in [0, 0.1) is 7.40 Å². The lowest BCUT2D eigenvalue weighted by Crippen LogP contribution is -3.27. The van der Waals surface area contributed by atoms with E-state index < -0.39 is 109 Å². The van der Waals surface area contributed by atoms with E-state index >= 15 is 17.6 Å². The fourth-order valence-electron chi connectivity index (χ4n) is 7.19. The molecular weight excluding hydrogens is 1420 g/mol. The smallest absolute Gasteiger partial charge is 0.406 e. The van der Waals surface area contributed by atoms with Crippen LogP contribution in [0.4, 0.5) is 52.7 Å². The second kappa shape index (κ2) is 22.1. The highest BCUT2D eigenvalue weighted by Gasteiger charge is 2.68. The zero-order valence-corrected chi connectivity index (χ0v) is 44.4. The fourth-order valence-corrected chi connectivity index (χ4v) is 9.47. The molecule has 0 fully saturated rings. The molecular formula is C34H28Br3F12I2N14O6+. The first kappa shape index (κ1) is 54.6. The van der Waals surface area contributed by atoms with Gasteiger partial charge in [-0.1, -0.05) is 37.1 Å². The van der Waals surface area contributed by atoms with Gasteiger partial charge < -0.3 is 23.7 Å². The fraction of sp³-hybridized carbons (Fsp3) is 0.412. The molecule has 1 aliphatic rings. The van der Waals surface area contributed by atoms with Crippen molar-refractivity contribution in [2.75, 3.05) is 5.12 Å². The molecule has 388 valence electrons. The summed E-state index contributed by atoms with van der Waals surface area (Å²) in [5, 5.41) is 25.1. The lowest BCUT2D eigenvalue weighted by Gasteiger charge is -2.36. The van der Waals surface area contributed by atoms with Crippen LogP contribution in [0.3, 0.4) is 0 Å². The molecule has 20 nitrogen and oxygen atoms in total. The van der Waals surface area contributed by atoms with Gasteiger partial charge >= 0.3 is 45.5 Å². The Morgan fingerprint density at radius 2 is 1.20 bits per heavy atom. The average Bonchev–Trinajstić information content (AvgIpc) is 4.13. The predicted octanol–water partition coefficient (Wildman–Crippen LogP) is 8.91. The summed E-state index contributed by atoms with van der Waals surface area (Å²) in [5.74, 6) is -7.77. The van der Waals surface area contributed by atoms with Gasteiger partial charge in [-0.15, -0.1) is 25.5 Å². The van der Waals surface area contributed by atoms with Crippen LogP contribution in [0.2, 0.25) is 0 Å². The van der Waals surface area contributed by atoms with Crippen LogP contribution in [0.15, 0.2) is 43.8 Å². The molecule has 7 heterocycles. The normalized spacial score (nSPS) is 16.5. The minimum atomic E-state index is -3.97. The highest BCUT2D eigenvalue weighted by Crippen LogP contribution is 2.44. The number of halogens is 17. The van der Waals surface area contributed by atoms with Crippen molar-refractivity contribution in [1.29, 1.82) is 0 Å². The molecule has 2 unspecified atom stereocenters. The van der Waals surface area contributed by atoms with Crippen LogP contribution in [0.25, 0.3) is 17.1 Å². The van der Waals surface area contributed by atoms with Gasteiger partial charge in [-0.2, -0.15) is 62.5 Å². The number of nitrogens with zero attached hydrogens (tertiary/aromatic N) is 13. The molecule has 0 saturated carbocycles. The largest absolute Gasteiger partial charge is 0.415 e. The van der Waals surface area contributed by atoms with Gasteiger partial charge in [0.15, 0.2) is 20.8 Å². The number of aryl methyl sites for hydroxylation is 2. The van der Waals surface area contributed by atoms with E-state index in [1.54, 1.807) is 29.5 Å². The molecule has 0 amide bonds. The van der Waals surface area contributed by atoms with Crippen LogP contribution in [0.1, 0.15) is 45.0 Å². The molecule has 2 atom stereocenters. The van der Waals surface area contributed by atoms with E-state index in [9.17, 15) is 35.1 Å². The second-order valence-electron chi connectivity index (χ2n) is 13.7.